The maximum absolute atomic E-state index is 13.1. The molecule has 0 bridgehead atoms. The van der Waals surface area contributed by atoms with Gasteiger partial charge in [-0.2, -0.15) is 13.2 Å². The first-order valence-corrected chi connectivity index (χ1v) is 6.21. The Kier molecular flexibility index (Phi) is 4.47. The Morgan fingerprint density at radius 1 is 1.00 bits per heavy atom. The number of rotatable bonds is 4. The molecule has 2 N–H and O–H groups in total. The standard InChI is InChI=1S/C15H13F4NO/c16-13-6-2-4-11(14(13)21)9-20-8-10-3-1-5-12(7-10)15(17,18)19/h1-7,20-21H,8-9H2. The van der Waals surface area contributed by atoms with Gasteiger partial charge in [0.2, 0.25) is 0 Å². The van der Waals surface area contributed by atoms with Crippen molar-refractivity contribution in [1.82, 2.24) is 5.32 Å². The monoisotopic (exact) mass is 299 g/mol. The summed E-state index contributed by atoms with van der Waals surface area (Å²) in [7, 11) is 0. The van der Waals surface area contributed by atoms with Gasteiger partial charge in [-0.3, -0.25) is 0 Å². The molecule has 0 spiro atoms. The lowest BCUT2D eigenvalue weighted by Crippen LogP contribution is -2.14. The number of phenols is 1. The van der Waals surface area contributed by atoms with Crippen molar-refractivity contribution in [1.29, 1.82) is 0 Å². The van der Waals surface area contributed by atoms with E-state index in [4.69, 9.17) is 0 Å². The molecule has 0 aromatic heterocycles. The SMILES string of the molecule is Oc1c(F)cccc1CNCc1cccc(C(F)(F)F)c1. The Morgan fingerprint density at radius 3 is 2.43 bits per heavy atom. The van der Waals surface area contributed by atoms with Crippen LogP contribution in [-0.4, -0.2) is 5.11 Å². The molecule has 0 atom stereocenters. The van der Waals surface area contributed by atoms with Gasteiger partial charge in [0.25, 0.3) is 0 Å². The van der Waals surface area contributed by atoms with Gasteiger partial charge in [0, 0.05) is 18.7 Å². The van der Waals surface area contributed by atoms with Crippen LogP contribution in [0, 0.1) is 5.82 Å². The Labute approximate surface area is 119 Å². The van der Waals surface area contributed by atoms with Crippen LogP contribution in [0.4, 0.5) is 17.6 Å². The van der Waals surface area contributed by atoms with E-state index in [1.165, 1.54) is 18.2 Å². The zero-order chi connectivity index (χ0) is 15.5. The van der Waals surface area contributed by atoms with E-state index in [1.54, 1.807) is 6.07 Å². The molecule has 0 aliphatic rings. The molecule has 0 amide bonds. The second-order valence-electron chi connectivity index (χ2n) is 4.55. The van der Waals surface area contributed by atoms with Crippen LogP contribution in [0.1, 0.15) is 16.7 Å². The topological polar surface area (TPSA) is 32.3 Å². The van der Waals surface area contributed by atoms with Gasteiger partial charge < -0.3 is 10.4 Å². The second-order valence-corrected chi connectivity index (χ2v) is 4.55. The summed E-state index contributed by atoms with van der Waals surface area (Å²) in [6.07, 6.45) is -4.38. The number of hydrogen-bond donors (Lipinski definition) is 2. The molecule has 112 valence electrons. The van der Waals surface area contributed by atoms with Gasteiger partial charge in [-0.25, -0.2) is 4.39 Å². The van der Waals surface area contributed by atoms with Crippen LogP contribution in [-0.2, 0) is 19.3 Å². The van der Waals surface area contributed by atoms with Crippen LogP contribution in [0.2, 0.25) is 0 Å². The number of benzene rings is 2. The molecule has 0 fully saturated rings. The minimum Gasteiger partial charge on any atom is -0.505 e. The van der Waals surface area contributed by atoms with Crippen molar-refractivity contribution in [3.63, 3.8) is 0 Å². The van der Waals surface area contributed by atoms with Crippen molar-refractivity contribution in [2.45, 2.75) is 19.3 Å². The summed E-state index contributed by atoms with van der Waals surface area (Å²) in [5.41, 5.74) is 0.0955. The van der Waals surface area contributed by atoms with Crippen LogP contribution < -0.4 is 5.32 Å². The summed E-state index contributed by atoms with van der Waals surface area (Å²) in [6, 6.07) is 9.08. The highest BCUT2D eigenvalue weighted by atomic mass is 19.4. The van der Waals surface area contributed by atoms with E-state index in [2.05, 4.69) is 5.32 Å². The molecule has 2 aromatic carbocycles. The number of phenolic OH excluding ortho intramolecular Hbond substituents is 1. The largest absolute Gasteiger partial charge is 0.505 e. The van der Waals surface area contributed by atoms with Crippen molar-refractivity contribution in [2.75, 3.05) is 0 Å². The van der Waals surface area contributed by atoms with Crippen LogP contribution in [0.3, 0.4) is 0 Å². The molecule has 0 heterocycles. The lowest BCUT2D eigenvalue weighted by Gasteiger charge is -2.10. The molecule has 6 heteroatoms. The van der Waals surface area contributed by atoms with Gasteiger partial charge in [-0.1, -0.05) is 30.3 Å². The summed E-state index contributed by atoms with van der Waals surface area (Å²) in [5, 5.41) is 12.4. The molecule has 0 saturated heterocycles. The molecular weight excluding hydrogens is 286 g/mol. The van der Waals surface area contributed by atoms with Crippen LogP contribution >= 0.6 is 0 Å². The van der Waals surface area contributed by atoms with E-state index in [0.717, 1.165) is 18.2 Å². The quantitative estimate of drug-likeness (QED) is 0.841. The first kappa shape index (κ1) is 15.3. The van der Waals surface area contributed by atoms with E-state index in [1.807, 2.05) is 0 Å². The number of alkyl halides is 3. The van der Waals surface area contributed by atoms with E-state index in [-0.39, 0.29) is 13.1 Å². The van der Waals surface area contributed by atoms with Crippen LogP contribution in [0.5, 0.6) is 5.75 Å². The van der Waals surface area contributed by atoms with Gasteiger partial charge >= 0.3 is 6.18 Å². The lowest BCUT2D eigenvalue weighted by molar-refractivity contribution is -0.137. The first-order valence-electron chi connectivity index (χ1n) is 6.21. The summed E-state index contributed by atoms with van der Waals surface area (Å²) in [6.45, 7) is 0.333. The van der Waals surface area contributed by atoms with E-state index in [0.29, 0.717) is 11.1 Å². The zero-order valence-corrected chi connectivity index (χ0v) is 10.9. The average molecular weight is 299 g/mol. The maximum Gasteiger partial charge on any atom is 0.416 e. The third kappa shape index (κ3) is 3.95. The van der Waals surface area contributed by atoms with Gasteiger partial charge in [-0.15, -0.1) is 0 Å². The van der Waals surface area contributed by atoms with Gasteiger partial charge in [0.1, 0.15) is 0 Å². The summed E-state index contributed by atoms with van der Waals surface area (Å²) < 4.78 is 50.8. The molecule has 2 nitrogen and oxygen atoms in total. The molecule has 2 aromatic rings. The maximum atomic E-state index is 13.1. The normalized spacial score (nSPS) is 11.6. The lowest BCUT2D eigenvalue weighted by atomic mass is 10.1. The Balaban J connectivity index is 1.99. The van der Waals surface area contributed by atoms with E-state index in [9.17, 15) is 22.7 Å². The van der Waals surface area contributed by atoms with Crippen LogP contribution in [0.25, 0.3) is 0 Å². The molecule has 0 unspecified atom stereocenters. The Morgan fingerprint density at radius 2 is 1.71 bits per heavy atom. The first-order chi connectivity index (χ1) is 9.88. The van der Waals surface area contributed by atoms with Crippen molar-refractivity contribution in [3.05, 3.63) is 65.0 Å². The fraction of sp³-hybridized carbons (Fsp3) is 0.200. The zero-order valence-electron chi connectivity index (χ0n) is 10.9. The fourth-order valence-electron chi connectivity index (χ4n) is 1.90. The van der Waals surface area contributed by atoms with Crippen molar-refractivity contribution < 1.29 is 22.7 Å². The summed E-state index contributed by atoms with van der Waals surface area (Å²) in [5.74, 6) is -1.18. The minimum absolute atomic E-state index is 0.153. The van der Waals surface area contributed by atoms with Gasteiger partial charge in [0.05, 0.1) is 5.56 Å². The predicted octanol–water partition coefficient (Wildman–Crippen LogP) is 3.84. The summed E-state index contributed by atoms with van der Waals surface area (Å²) >= 11 is 0. The molecule has 0 radical (unpaired) electrons. The highest BCUT2D eigenvalue weighted by Gasteiger charge is 2.30. The van der Waals surface area contributed by atoms with E-state index < -0.39 is 23.3 Å². The third-order valence-corrected chi connectivity index (χ3v) is 2.97. The molecule has 0 aliphatic carbocycles. The molecular formula is C15H13F4NO. The van der Waals surface area contributed by atoms with Crippen molar-refractivity contribution >= 4 is 0 Å². The summed E-state index contributed by atoms with van der Waals surface area (Å²) in [4.78, 5) is 0. The van der Waals surface area contributed by atoms with Gasteiger partial charge in [-0.05, 0) is 17.7 Å². The second kappa shape index (κ2) is 6.13. The van der Waals surface area contributed by atoms with E-state index >= 15 is 0 Å². The number of hydrogen-bond acceptors (Lipinski definition) is 2. The molecule has 21 heavy (non-hydrogen) atoms. The van der Waals surface area contributed by atoms with Crippen molar-refractivity contribution in [3.8, 4) is 5.75 Å². The highest BCUT2D eigenvalue weighted by molar-refractivity contribution is 5.33. The predicted molar refractivity (Wildman–Crippen MR) is 70.1 cm³/mol. The average Bonchev–Trinajstić information content (AvgIpc) is 2.43. The molecule has 0 aliphatic heterocycles. The molecule has 2 rings (SSSR count). The molecule has 0 saturated carbocycles. The van der Waals surface area contributed by atoms with Crippen molar-refractivity contribution in [2.24, 2.45) is 0 Å². The number of aromatic hydroxyl groups is 1. The Bertz CT molecular complexity index is 625. The number of para-hydroxylation sites is 1. The number of nitrogens with one attached hydrogen (secondary N) is 1. The Hall–Kier alpha value is -2.08. The fourth-order valence-corrected chi connectivity index (χ4v) is 1.90. The highest BCUT2D eigenvalue weighted by Crippen LogP contribution is 2.29. The smallest absolute Gasteiger partial charge is 0.416 e. The van der Waals surface area contributed by atoms with Crippen LogP contribution in [0.15, 0.2) is 42.5 Å². The van der Waals surface area contributed by atoms with Gasteiger partial charge in [0.15, 0.2) is 11.6 Å². The third-order valence-electron chi connectivity index (χ3n) is 2.97. The number of halogens is 4. The minimum atomic E-state index is -4.38.